The van der Waals surface area contributed by atoms with Crippen molar-refractivity contribution in [3.05, 3.63) is 88.9 Å². The first-order valence-corrected chi connectivity index (χ1v) is 17.2. The van der Waals surface area contributed by atoms with Gasteiger partial charge in [-0.1, -0.05) is 113 Å². The van der Waals surface area contributed by atoms with Gasteiger partial charge in [0.15, 0.2) is 11.8 Å². The third-order valence-electron chi connectivity index (χ3n) is 8.86. The van der Waals surface area contributed by atoms with E-state index in [1.165, 1.54) is 53.4 Å². The van der Waals surface area contributed by atoms with Crippen LogP contribution in [0.3, 0.4) is 0 Å². The molecule has 4 aromatic rings. The van der Waals surface area contributed by atoms with Crippen molar-refractivity contribution in [3.63, 3.8) is 0 Å². The normalized spacial score (nSPS) is 14.4. The maximum absolute atomic E-state index is 13.1. The highest BCUT2D eigenvalue weighted by molar-refractivity contribution is 5.87. The van der Waals surface area contributed by atoms with Crippen molar-refractivity contribution in [3.8, 4) is 11.1 Å². The monoisotopic (exact) mass is 627 g/mol. The lowest BCUT2D eigenvalue weighted by Gasteiger charge is -2.36. The Morgan fingerprint density at radius 1 is 0.804 bits per heavy atom. The van der Waals surface area contributed by atoms with Crippen LogP contribution in [0.25, 0.3) is 22.2 Å². The molecule has 1 aliphatic heterocycles. The predicted octanol–water partition coefficient (Wildman–Crippen LogP) is 8.79. The number of anilines is 1. The molecule has 8 nitrogen and oxygen atoms in total. The first-order chi connectivity index (χ1) is 22.6. The summed E-state index contributed by atoms with van der Waals surface area (Å²) in [6.07, 6.45) is 8.18. The first-order valence-electron chi connectivity index (χ1n) is 17.2. The molecule has 1 fully saturated rings. The predicted molar refractivity (Wildman–Crippen MR) is 184 cm³/mol. The van der Waals surface area contributed by atoms with E-state index in [4.69, 9.17) is 13.9 Å². The lowest BCUT2D eigenvalue weighted by molar-refractivity contribution is -0.00715. The highest BCUT2D eigenvalue weighted by Gasteiger charge is 2.26. The fraction of sp³-hybridized carbons (Fsp3) is 0.474. The quantitative estimate of drug-likeness (QED) is 0.0908. The van der Waals surface area contributed by atoms with Crippen LogP contribution in [0.2, 0.25) is 0 Å². The van der Waals surface area contributed by atoms with Gasteiger partial charge in [0, 0.05) is 39.1 Å². The van der Waals surface area contributed by atoms with Gasteiger partial charge in [-0.05, 0) is 41.3 Å². The van der Waals surface area contributed by atoms with Crippen LogP contribution < -0.4 is 10.7 Å². The van der Waals surface area contributed by atoms with Crippen molar-refractivity contribution in [1.29, 1.82) is 0 Å². The standard InChI is InChI=1S/C38H49N3O5/c1-3-5-6-7-8-9-10-14-27-44-38(43)45-35(4-2)41-34-22-16-21-33(36(34)46-37(41)42)40-25-23-39(24-26-40)29-30-17-15-20-32(28-30)31-18-12-11-13-19-31/h11-13,15-22,28,35H,3-10,14,23-27,29H2,1-2H3. The zero-order chi connectivity index (χ0) is 32.1. The molecule has 0 amide bonds. The number of rotatable bonds is 16. The van der Waals surface area contributed by atoms with Crippen LogP contribution in [0.5, 0.6) is 0 Å². The number of carbonyl (C=O) groups excluding carboxylic acids is 1. The minimum Gasteiger partial charge on any atom is -0.434 e. The summed E-state index contributed by atoms with van der Waals surface area (Å²) in [7, 11) is 0. The van der Waals surface area contributed by atoms with Crippen molar-refractivity contribution in [2.75, 3.05) is 37.7 Å². The summed E-state index contributed by atoms with van der Waals surface area (Å²) < 4.78 is 18.2. The van der Waals surface area contributed by atoms with E-state index in [-0.39, 0.29) is 0 Å². The number of aromatic nitrogens is 1. The summed E-state index contributed by atoms with van der Waals surface area (Å²) in [5.41, 5.74) is 5.76. The maximum Gasteiger partial charge on any atom is 0.510 e. The molecule has 1 atom stereocenters. The molecule has 1 saturated heterocycles. The number of carbonyl (C=O) groups is 1. The zero-order valence-corrected chi connectivity index (χ0v) is 27.5. The number of unbranched alkanes of at least 4 members (excludes halogenated alkanes) is 7. The molecular formula is C38H49N3O5. The second kappa shape index (κ2) is 17.0. The summed E-state index contributed by atoms with van der Waals surface area (Å²) in [5, 5.41) is 0. The number of para-hydroxylation sites is 1. The minimum absolute atomic E-state index is 0.319. The Morgan fingerprint density at radius 2 is 1.50 bits per heavy atom. The lowest BCUT2D eigenvalue weighted by Crippen LogP contribution is -2.46. The summed E-state index contributed by atoms with van der Waals surface area (Å²) in [6.45, 7) is 8.70. The first kappa shape index (κ1) is 33.3. The Balaban J connectivity index is 1.15. The van der Waals surface area contributed by atoms with E-state index in [0.29, 0.717) is 24.1 Å². The van der Waals surface area contributed by atoms with Crippen molar-refractivity contribution in [2.24, 2.45) is 0 Å². The van der Waals surface area contributed by atoms with Crippen molar-refractivity contribution >= 4 is 22.9 Å². The molecule has 3 aromatic carbocycles. The molecule has 0 spiro atoms. The number of hydrogen-bond donors (Lipinski definition) is 0. The number of hydrogen-bond acceptors (Lipinski definition) is 7. The average molecular weight is 628 g/mol. The Kier molecular flexibility index (Phi) is 12.3. The molecule has 0 aliphatic carbocycles. The third kappa shape index (κ3) is 8.81. The summed E-state index contributed by atoms with van der Waals surface area (Å²) in [5.74, 6) is -0.540. The fourth-order valence-corrected chi connectivity index (χ4v) is 6.30. The fourth-order valence-electron chi connectivity index (χ4n) is 6.30. The number of oxazole rings is 1. The Labute approximate surface area is 272 Å². The van der Waals surface area contributed by atoms with E-state index in [1.54, 1.807) is 0 Å². The van der Waals surface area contributed by atoms with Crippen LogP contribution in [-0.4, -0.2) is 48.4 Å². The molecule has 1 aliphatic rings. The number of piperazine rings is 1. The second-order valence-electron chi connectivity index (χ2n) is 12.2. The van der Waals surface area contributed by atoms with Crippen LogP contribution in [0.1, 0.15) is 83.4 Å². The van der Waals surface area contributed by atoms with Gasteiger partial charge in [-0.15, -0.1) is 0 Å². The smallest absolute Gasteiger partial charge is 0.434 e. The van der Waals surface area contributed by atoms with Gasteiger partial charge in [-0.2, -0.15) is 0 Å². The van der Waals surface area contributed by atoms with Gasteiger partial charge >= 0.3 is 11.9 Å². The average Bonchev–Trinajstić information content (AvgIpc) is 3.43. The van der Waals surface area contributed by atoms with Gasteiger partial charge in [0.05, 0.1) is 17.8 Å². The van der Waals surface area contributed by atoms with Crippen LogP contribution >= 0.6 is 0 Å². The second-order valence-corrected chi connectivity index (χ2v) is 12.2. The largest absolute Gasteiger partial charge is 0.510 e. The van der Waals surface area contributed by atoms with Crippen molar-refractivity contribution < 1.29 is 18.7 Å². The van der Waals surface area contributed by atoms with E-state index in [0.717, 1.165) is 57.7 Å². The molecule has 0 radical (unpaired) electrons. The zero-order valence-electron chi connectivity index (χ0n) is 27.5. The van der Waals surface area contributed by atoms with Crippen LogP contribution in [0.15, 0.2) is 82.0 Å². The molecule has 1 aromatic heterocycles. The van der Waals surface area contributed by atoms with Crippen molar-refractivity contribution in [2.45, 2.75) is 84.4 Å². The topological polar surface area (TPSA) is 77.1 Å². The lowest BCUT2D eigenvalue weighted by atomic mass is 10.0. The van der Waals surface area contributed by atoms with E-state index in [1.807, 2.05) is 31.2 Å². The summed E-state index contributed by atoms with van der Waals surface area (Å²) >= 11 is 0. The minimum atomic E-state index is -0.807. The van der Waals surface area contributed by atoms with Gasteiger partial charge in [0.2, 0.25) is 0 Å². The van der Waals surface area contributed by atoms with E-state index in [9.17, 15) is 9.59 Å². The summed E-state index contributed by atoms with van der Waals surface area (Å²) in [4.78, 5) is 30.4. The van der Waals surface area contributed by atoms with Gasteiger partial charge in [-0.3, -0.25) is 4.90 Å². The Morgan fingerprint density at radius 3 is 2.24 bits per heavy atom. The van der Waals surface area contributed by atoms with Crippen molar-refractivity contribution in [1.82, 2.24) is 9.47 Å². The molecule has 46 heavy (non-hydrogen) atoms. The van der Waals surface area contributed by atoms with Crippen LogP contribution in [0.4, 0.5) is 10.5 Å². The molecule has 246 valence electrons. The molecule has 2 heterocycles. The highest BCUT2D eigenvalue weighted by Crippen LogP contribution is 2.30. The van der Waals surface area contributed by atoms with E-state index >= 15 is 0 Å². The molecule has 0 N–H and O–H groups in total. The Hall–Kier alpha value is -4.04. The Bertz CT molecular complexity index is 1570. The van der Waals surface area contributed by atoms with E-state index in [2.05, 4.69) is 65.3 Å². The number of fused-ring (bicyclic) bond motifs is 1. The molecule has 5 rings (SSSR count). The number of nitrogens with zero attached hydrogens (tertiary/aromatic N) is 3. The SMILES string of the molecule is CCCCCCCCCCOC(=O)OC(CC)n1c(=O)oc2c(N3CCN(Cc4cccc(-c5ccccc5)c4)CC3)cccc21. The van der Waals surface area contributed by atoms with Crippen LogP contribution in [0, 0.1) is 0 Å². The van der Waals surface area contributed by atoms with Gasteiger partial charge in [0.25, 0.3) is 0 Å². The summed E-state index contributed by atoms with van der Waals surface area (Å²) in [6, 6.07) is 25.0. The molecule has 1 unspecified atom stereocenters. The van der Waals surface area contributed by atoms with Gasteiger partial charge < -0.3 is 18.8 Å². The van der Waals surface area contributed by atoms with Gasteiger partial charge in [0.1, 0.15) is 0 Å². The van der Waals surface area contributed by atoms with E-state index < -0.39 is 18.1 Å². The molecule has 8 heteroatoms. The van der Waals surface area contributed by atoms with Crippen LogP contribution in [-0.2, 0) is 16.0 Å². The highest BCUT2D eigenvalue weighted by atomic mass is 16.7. The van der Waals surface area contributed by atoms with Gasteiger partial charge in [-0.25, -0.2) is 14.2 Å². The maximum atomic E-state index is 13.1. The molecule has 0 saturated carbocycles. The molecule has 0 bridgehead atoms. The molecular weight excluding hydrogens is 578 g/mol. The third-order valence-corrected chi connectivity index (χ3v) is 8.86. The number of ether oxygens (including phenoxy) is 2. The number of benzene rings is 3.